The molecule has 0 aliphatic rings. The van der Waals surface area contributed by atoms with Crippen LogP contribution in [0.15, 0.2) is 35.6 Å². The molecule has 136 valence electrons. The molecule has 0 saturated carbocycles. The van der Waals surface area contributed by atoms with Crippen molar-refractivity contribution < 1.29 is 19.2 Å². The molecule has 2 rings (SSSR count). The van der Waals surface area contributed by atoms with Gasteiger partial charge in [0, 0.05) is 6.07 Å². The van der Waals surface area contributed by atoms with Gasteiger partial charge in [0.1, 0.15) is 12.0 Å². The van der Waals surface area contributed by atoms with Crippen LogP contribution in [0.2, 0.25) is 10.0 Å². The quantitative estimate of drug-likeness (QED) is 0.329. The Hall–Kier alpha value is -2.91. The number of nitro groups is 1. The van der Waals surface area contributed by atoms with Crippen LogP contribution in [0, 0.1) is 10.1 Å². The molecule has 9 nitrogen and oxygen atoms in total. The third kappa shape index (κ3) is 5.30. The van der Waals surface area contributed by atoms with Crippen LogP contribution in [0.1, 0.15) is 5.56 Å². The van der Waals surface area contributed by atoms with Gasteiger partial charge in [0.2, 0.25) is 0 Å². The molecule has 0 aliphatic carbocycles. The van der Waals surface area contributed by atoms with Gasteiger partial charge in [-0.25, -0.2) is 9.78 Å². The molecule has 0 spiro atoms. The Morgan fingerprint density at radius 1 is 1.38 bits per heavy atom. The molecule has 0 atom stereocenters. The molecule has 11 heteroatoms. The molecule has 1 aromatic heterocycles. The molecule has 0 aliphatic heterocycles. The second-order valence-corrected chi connectivity index (χ2v) is 5.52. The van der Waals surface area contributed by atoms with E-state index in [9.17, 15) is 14.9 Å². The minimum Gasteiger partial charge on any atom is -0.479 e. The number of aromatic nitrogens is 1. The SMILES string of the molecule is COC(=O)COc1c(Cl)cc(/C=N/Nc2ccc([N+](=O)[O-])cn2)cc1Cl. The standard InChI is InChI=1S/C15H12Cl2N4O5/c1-25-14(22)8-26-15-11(16)4-9(5-12(15)17)6-19-20-13-3-2-10(7-18-13)21(23)24/h2-7H,8H2,1H3,(H,18,20)/b19-6+. The van der Waals surface area contributed by atoms with Crippen LogP contribution in [0.3, 0.4) is 0 Å². The highest BCUT2D eigenvalue weighted by molar-refractivity contribution is 6.37. The monoisotopic (exact) mass is 398 g/mol. The number of halogens is 2. The Kier molecular flexibility index (Phi) is 6.70. The number of carbonyl (C=O) groups excluding carboxylic acids is 1. The lowest BCUT2D eigenvalue weighted by Gasteiger charge is -2.09. The number of hydrazone groups is 1. The van der Waals surface area contributed by atoms with E-state index in [4.69, 9.17) is 27.9 Å². The van der Waals surface area contributed by atoms with Gasteiger partial charge in [-0.2, -0.15) is 5.10 Å². The fourth-order valence-corrected chi connectivity index (χ4v) is 2.33. The lowest BCUT2D eigenvalue weighted by molar-refractivity contribution is -0.385. The first kappa shape index (κ1) is 19.4. The van der Waals surface area contributed by atoms with Gasteiger partial charge in [-0.1, -0.05) is 23.2 Å². The first-order valence-electron chi connectivity index (χ1n) is 6.99. The van der Waals surface area contributed by atoms with Crippen molar-refractivity contribution in [1.82, 2.24) is 4.98 Å². The van der Waals surface area contributed by atoms with Crippen molar-refractivity contribution in [2.45, 2.75) is 0 Å². The van der Waals surface area contributed by atoms with Crippen LogP contribution < -0.4 is 10.2 Å². The predicted molar refractivity (Wildman–Crippen MR) is 96.1 cm³/mol. The zero-order chi connectivity index (χ0) is 19.1. The van der Waals surface area contributed by atoms with Gasteiger partial charge in [0.15, 0.2) is 12.4 Å². The van der Waals surface area contributed by atoms with Crippen LogP contribution in [0.4, 0.5) is 11.5 Å². The van der Waals surface area contributed by atoms with Gasteiger partial charge in [0.05, 0.1) is 28.3 Å². The number of benzene rings is 1. The molecule has 0 amide bonds. The van der Waals surface area contributed by atoms with Crippen molar-refractivity contribution in [3.05, 3.63) is 56.2 Å². The average molecular weight is 399 g/mol. The maximum Gasteiger partial charge on any atom is 0.343 e. The molecular weight excluding hydrogens is 387 g/mol. The molecule has 0 bridgehead atoms. The van der Waals surface area contributed by atoms with E-state index in [1.54, 1.807) is 0 Å². The zero-order valence-corrected chi connectivity index (χ0v) is 14.8. The Bertz CT molecular complexity index is 819. The number of esters is 1. The van der Waals surface area contributed by atoms with Gasteiger partial charge in [-0.05, 0) is 23.8 Å². The number of nitrogens with one attached hydrogen (secondary N) is 1. The summed E-state index contributed by atoms with van der Waals surface area (Å²) < 4.78 is 9.68. The third-order valence-corrected chi connectivity index (χ3v) is 3.50. The van der Waals surface area contributed by atoms with E-state index in [0.717, 1.165) is 6.20 Å². The van der Waals surface area contributed by atoms with E-state index in [1.165, 1.54) is 37.6 Å². The van der Waals surface area contributed by atoms with Crippen molar-refractivity contribution in [1.29, 1.82) is 0 Å². The molecule has 0 radical (unpaired) electrons. The van der Waals surface area contributed by atoms with E-state index < -0.39 is 10.9 Å². The van der Waals surface area contributed by atoms with Crippen LogP contribution >= 0.6 is 23.2 Å². The Balaban J connectivity index is 2.03. The lowest BCUT2D eigenvalue weighted by atomic mass is 10.2. The summed E-state index contributed by atoms with van der Waals surface area (Å²) in [4.78, 5) is 25.0. The van der Waals surface area contributed by atoms with Gasteiger partial charge < -0.3 is 9.47 Å². The summed E-state index contributed by atoms with van der Waals surface area (Å²) >= 11 is 12.2. The number of methoxy groups -OCH3 is 1. The maximum absolute atomic E-state index is 11.1. The van der Waals surface area contributed by atoms with E-state index in [-0.39, 0.29) is 28.1 Å². The number of hydrogen-bond acceptors (Lipinski definition) is 8. The number of hydrogen-bond donors (Lipinski definition) is 1. The maximum atomic E-state index is 11.1. The van der Waals surface area contributed by atoms with E-state index in [0.29, 0.717) is 11.4 Å². The van der Waals surface area contributed by atoms with Gasteiger partial charge in [-0.15, -0.1) is 0 Å². The Labute approximate surface area is 157 Å². The van der Waals surface area contributed by atoms with Crippen molar-refractivity contribution in [3.63, 3.8) is 0 Å². The number of rotatable bonds is 7. The third-order valence-electron chi connectivity index (χ3n) is 2.93. The van der Waals surface area contributed by atoms with Crippen LogP contribution in [0.25, 0.3) is 0 Å². The molecule has 0 unspecified atom stereocenters. The number of nitrogens with zero attached hydrogens (tertiary/aromatic N) is 3. The van der Waals surface area contributed by atoms with Crippen molar-refractivity contribution >= 4 is 46.9 Å². The summed E-state index contributed by atoms with van der Waals surface area (Å²) in [6, 6.07) is 5.79. The number of pyridine rings is 1. The molecule has 1 N–H and O–H groups in total. The minimum absolute atomic E-state index is 0.124. The van der Waals surface area contributed by atoms with Crippen molar-refractivity contribution in [2.24, 2.45) is 5.10 Å². The van der Waals surface area contributed by atoms with E-state index in [2.05, 4.69) is 20.2 Å². The van der Waals surface area contributed by atoms with E-state index in [1.807, 2.05) is 0 Å². The highest BCUT2D eigenvalue weighted by Gasteiger charge is 2.11. The topological polar surface area (TPSA) is 116 Å². The van der Waals surface area contributed by atoms with Crippen LogP contribution in [-0.4, -0.2) is 35.8 Å². The Morgan fingerprint density at radius 3 is 2.62 bits per heavy atom. The average Bonchev–Trinajstić information content (AvgIpc) is 2.61. The first-order chi connectivity index (χ1) is 12.4. The largest absolute Gasteiger partial charge is 0.479 e. The molecule has 2 aromatic rings. The zero-order valence-electron chi connectivity index (χ0n) is 13.3. The van der Waals surface area contributed by atoms with Crippen LogP contribution in [-0.2, 0) is 9.53 Å². The smallest absolute Gasteiger partial charge is 0.343 e. The fraction of sp³-hybridized carbons (Fsp3) is 0.133. The second kappa shape index (κ2) is 8.97. The summed E-state index contributed by atoms with van der Waals surface area (Å²) in [5.41, 5.74) is 3.05. The summed E-state index contributed by atoms with van der Waals surface area (Å²) in [5.74, 6) is -0.0921. The fourth-order valence-electron chi connectivity index (χ4n) is 1.72. The highest BCUT2D eigenvalue weighted by atomic mass is 35.5. The number of ether oxygens (including phenoxy) is 2. The molecular formula is C15H12Cl2N4O5. The summed E-state index contributed by atoms with van der Waals surface area (Å²) in [6.07, 6.45) is 2.53. The van der Waals surface area contributed by atoms with Crippen LogP contribution in [0.5, 0.6) is 5.75 Å². The number of carbonyl (C=O) groups is 1. The number of anilines is 1. The molecule has 1 aromatic carbocycles. The lowest BCUT2D eigenvalue weighted by Crippen LogP contribution is -2.13. The highest BCUT2D eigenvalue weighted by Crippen LogP contribution is 2.33. The second-order valence-electron chi connectivity index (χ2n) is 4.71. The summed E-state index contributed by atoms with van der Waals surface area (Å²) in [6.45, 7) is -0.323. The normalized spacial score (nSPS) is 10.6. The van der Waals surface area contributed by atoms with Gasteiger partial charge in [-0.3, -0.25) is 15.5 Å². The molecule has 0 fully saturated rings. The van der Waals surface area contributed by atoms with E-state index >= 15 is 0 Å². The van der Waals surface area contributed by atoms with Gasteiger partial charge in [0.25, 0.3) is 5.69 Å². The molecule has 26 heavy (non-hydrogen) atoms. The predicted octanol–water partition coefficient (Wildman–Crippen LogP) is 3.29. The van der Waals surface area contributed by atoms with Crippen molar-refractivity contribution in [2.75, 3.05) is 19.1 Å². The van der Waals surface area contributed by atoms with Crippen molar-refractivity contribution in [3.8, 4) is 5.75 Å². The minimum atomic E-state index is -0.567. The summed E-state index contributed by atoms with van der Waals surface area (Å²) in [5, 5.41) is 14.9. The molecule has 1 heterocycles. The first-order valence-corrected chi connectivity index (χ1v) is 7.74. The van der Waals surface area contributed by atoms with Gasteiger partial charge >= 0.3 is 5.97 Å². The summed E-state index contributed by atoms with van der Waals surface area (Å²) in [7, 11) is 1.24. The Morgan fingerprint density at radius 2 is 2.08 bits per heavy atom. The molecule has 0 saturated heterocycles.